The maximum atomic E-state index is 12.6. The van der Waals surface area contributed by atoms with Gasteiger partial charge in [0.15, 0.2) is 6.29 Å². The second-order valence-corrected chi connectivity index (χ2v) is 8.30. The molecule has 1 aromatic rings. The van der Waals surface area contributed by atoms with Gasteiger partial charge in [0.1, 0.15) is 17.1 Å². The minimum absolute atomic E-state index is 0.0378. The maximum Gasteiger partial charge on any atom is 0.342 e. The van der Waals surface area contributed by atoms with Crippen LogP contribution >= 0.6 is 0 Å². The van der Waals surface area contributed by atoms with Crippen LogP contribution in [0.4, 0.5) is 0 Å². The van der Waals surface area contributed by atoms with Crippen LogP contribution in [0, 0.1) is 0 Å². The smallest absolute Gasteiger partial charge is 0.342 e. The lowest BCUT2D eigenvalue weighted by Crippen LogP contribution is -2.28. The predicted octanol–water partition coefficient (Wildman–Crippen LogP) is 4.84. The first-order valence-corrected chi connectivity index (χ1v) is 11.1. The first-order valence-electron chi connectivity index (χ1n) is 11.1. The van der Waals surface area contributed by atoms with Gasteiger partial charge < -0.3 is 24.4 Å². The van der Waals surface area contributed by atoms with E-state index in [-0.39, 0.29) is 35.6 Å². The van der Waals surface area contributed by atoms with Gasteiger partial charge in [-0.3, -0.25) is 0 Å². The highest BCUT2D eigenvalue weighted by molar-refractivity contribution is 5.94. The summed E-state index contributed by atoms with van der Waals surface area (Å²) in [6, 6.07) is 2.75. The molecule has 29 heavy (non-hydrogen) atoms. The van der Waals surface area contributed by atoms with Crippen LogP contribution < -0.4 is 0 Å². The quantitative estimate of drug-likeness (QED) is 0.684. The van der Waals surface area contributed by atoms with Crippen LogP contribution in [-0.4, -0.2) is 41.3 Å². The Morgan fingerprint density at radius 3 is 2.55 bits per heavy atom. The Balaban J connectivity index is 1.66. The van der Waals surface area contributed by atoms with E-state index in [9.17, 15) is 15.0 Å². The number of esters is 1. The molecular formula is C23H34O6. The van der Waals surface area contributed by atoms with Gasteiger partial charge in [-0.2, -0.15) is 0 Å². The Kier molecular flexibility index (Phi) is 8.19. The van der Waals surface area contributed by atoms with Crippen molar-refractivity contribution in [1.29, 1.82) is 0 Å². The molecule has 2 aliphatic rings. The zero-order chi connectivity index (χ0) is 20.6. The average Bonchev–Trinajstić information content (AvgIpc) is 2.67. The van der Waals surface area contributed by atoms with E-state index in [1.165, 1.54) is 6.07 Å². The average molecular weight is 407 g/mol. The standard InChI is InChI=1S/C23H34O6/c1-16-8-7-11-19(29-21-12-5-6-13-27-21)10-4-2-3-9-17-14-18(24)15-20(25)22(17)23(26)28-16/h14-16,19,21,24-25H,2-13H2,1H3/t16-,19?,21?/m1/s1. The molecule has 3 atom stereocenters. The van der Waals surface area contributed by atoms with Crippen LogP contribution in [0.2, 0.25) is 0 Å². The van der Waals surface area contributed by atoms with Crippen molar-refractivity contribution in [2.75, 3.05) is 6.61 Å². The van der Waals surface area contributed by atoms with Crippen LogP contribution in [0.1, 0.15) is 87.1 Å². The Morgan fingerprint density at radius 1 is 0.966 bits per heavy atom. The van der Waals surface area contributed by atoms with Gasteiger partial charge in [-0.1, -0.05) is 12.8 Å². The Hall–Kier alpha value is -1.79. The summed E-state index contributed by atoms with van der Waals surface area (Å²) in [7, 11) is 0. The Morgan fingerprint density at radius 2 is 1.76 bits per heavy atom. The van der Waals surface area contributed by atoms with E-state index in [1.54, 1.807) is 6.07 Å². The number of carbonyl (C=O) groups excluding carboxylic acids is 1. The van der Waals surface area contributed by atoms with Gasteiger partial charge in [0, 0.05) is 12.7 Å². The molecule has 3 rings (SSSR count). The third-order valence-corrected chi connectivity index (χ3v) is 5.79. The summed E-state index contributed by atoms with van der Waals surface area (Å²) in [6.45, 7) is 2.66. The van der Waals surface area contributed by atoms with Crippen molar-refractivity contribution in [2.24, 2.45) is 0 Å². The molecule has 1 saturated heterocycles. The third kappa shape index (κ3) is 6.61. The summed E-state index contributed by atoms with van der Waals surface area (Å²) in [6.07, 6.45) is 10.1. The number of ether oxygens (including phenoxy) is 3. The lowest BCUT2D eigenvalue weighted by molar-refractivity contribution is -0.191. The first-order chi connectivity index (χ1) is 14.0. The molecule has 0 radical (unpaired) electrons. The molecule has 2 unspecified atom stereocenters. The fourth-order valence-electron chi connectivity index (χ4n) is 4.21. The number of rotatable bonds is 2. The topological polar surface area (TPSA) is 85.2 Å². The van der Waals surface area contributed by atoms with Gasteiger partial charge in [0.2, 0.25) is 0 Å². The molecule has 6 nitrogen and oxygen atoms in total. The number of aromatic hydroxyl groups is 2. The van der Waals surface area contributed by atoms with Crippen molar-refractivity contribution in [2.45, 2.75) is 96.1 Å². The normalized spacial score (nSPS) is 27.5. The van der Waals surface area contributed by atoms with E-state index in [1.807, 2.05) is 6.92 Å². The second kappa shape index (κ2) is 10.8. The number of hydrogen-bond acceptors (Lipinski definition) is 6. The fraction of sp³-hybridized carbons (Fsp3) is 0.696. The Bertz CT molecular complexity index is 668. The highest BCUT2D eigenvalue weighted by Crippen LogP contribution is 2.30. The number of benzene rings is 1. The predicted molar refractivity (Wildman–Crippen MR) is 109 cm³/mol. The van der Waals surface area contributed by atoms with Crippen LogP contribution in [0.25, 0.3) is 0 Å². The molecule has 2 N–H and O–H groups in total. The van der Waals surface area contributed by atoms with Gasteiger partial charge in [0.25, 0.3) is 0 Å². The van der Waals surface area contributed by atoms with E-state index < -0.39 is 5.97 Å². The van der Waals surface area contributed by atoms with Crippen molar-refractivity contribution in [3.63, 3.8) is 0 Å². The lowest BCUT2D eigenvalue weighted by atomic mass is 9.97. The van der Waals surface area contributed by atoms with Crippen LogP contribution in [0.15, 0.2) is 12.1 Å². The molecule has 0 spiro atoms. The van der Waals surface area contributed by atoms with Gasteiger partial charge in [-0.25, -0.2) is 4.79 Å². The van der Waals surface area contributed by atoms with Crippen molar-refractivity contribution < 1.29 is 29.2 Å². The van der Waals surface area contributed by atoms with Gasteiger partial charge in [0.05, 0.1) is 12.2 Å². The summed E-state index contributed by atoms with van der Waals surface area (Å²) >= 11 is 0. The molecular weight excluding hydrogens is 372 g/mol. The number of phenolic OH excluding ortho intramolecular Hbond substituents is 2. The molecule has 0 bridgehead atoms. The zero-order valence-electron chi connectivity index (χ0n) is 17.4. The molecule has 0 aliphatic carbocycles. The molecule has 1 fully saturated rings. The number of hydrogen-bond donors (Lipinski definition) is 2. The number of fused-ring (bicyclic) bond motifs is 1. The van der Waals surface area contributed by atoms with Crippen molar-refractivity contribution in [3.8, 4) is 11.5 Å². The molecule has 0 saturated carbocycles. The molecule has 6 heteroatoms. The van der Waals surface area contributed by atoms with E-state index in [0.717, 1.165) is 70.8 Å². The van der Waals surface area contributed by atoms with Crippen LogP contribution in [-0.2, 0) is 20.6 Å². The maximum absolute atomic E-state index is 12.6. The molecule has 2 heterocycles. The zero-order valence-corrected chi connectivity index (χ0v) is 17.4. The van der Waals surface area contributed by atoms with Crippen molar-refractivity contribution in [3.05, 3.63) is 23.3 Å². The molecule has 162 valence electrons. The van der Waals surface area contributed by atoms with Gasteiger partial charge in [-0.05, 0) is 76.3 Å². The lowest BCUT2D eigenvalue weighted by Gasteiger charge is -2.28. The largest absolute Gasteiger partial charge is 0.508 e. The van der Waals surface area contributed by atoms with E-state index in [0.29, 0.717) is 12.0 Å². The minimum atomic E-state index is -0.523. The highest BCUT2D eigenvalue weighted by atomic mass is 16.7. The van der Waals surface area contributed by atoms with Crippen LogP contribution in [0.3, 0.4) is 0 Å². The number of carbonyl (C=O) groups is 1. The van der Waals surface area contributed by atoms with Crippen molar-refractivity contribution in [1.82, 2.24) is 0 Å². The monoisotopic (exact) mass is 406 g/mol. The van der Waals surface area contributed by atoms with E-state index in [4.69, 9.17) is 14.2 Å². The minimum Gasteiger partial charge on any atom is -0.508 e. The van der Waals surface area contributed by atoms with Crippen LogP contribution in [0.5, 0.6) is 11.5 Å². The summed E-state index contributed by atoms with van der Waals surface area (Å²) in [4.78, 5) is 12.6. The number of cyclic esters (lactones) is 1. The SMILES string of the molecule is C[C@@H]1CCCC(OC2CCCCO2)CCCCCc2cc(O)cc(O)c2C(=O)O1. The Labute approximate surface area is 173 Å². The first kappa shape index (κ1) is 21.9. The fourth-order valence-corrected chi connectivity index (χ4v) is 4.21. The summed E-state index contributed by atoms with van der Waals surface area (Å²) < 4.78 is 17.6. The van der Waals surface area contributed by atoms with Gasteiger partial charge in [-0.15, -0.1) is 0 Å². The molecule has 2 aliphatic heterocycles. The number of phenols is 2. The number of aryl methyl sites for hydroxylation is 1. The molecule has 0 amide bonds. The van der Waals surface area contributed by atoms with Gasteiger partial charge >= 0.3 is 5.97 Å². The summed E-state index contributed by atoms with van der Waals surface area (Å²) in [5.41, 5.74) is 0.822. The molecule has 0 aromatic heterocycles. The summed E-state index contributed by atoms with van der Waals surface area (Å²) in [5, 5.41) is 20.0. The molecule has 1 aromatic carbocycles. The second-order valence-electron chi connectivity index (χ2n) is 8.30. The van der Waals surface area contributed by atoms with Crippen molar-refractivity contribution >= 4 is 5.97 Å². The highest BCUT2D eigenvalue weighted by Gasteiger charge is 2.23. The van der Waals surface area contributed by atoms with E-state index >= 15 is 0 Å². The summed E-state index contributed by atoms with van der Waals surface area (Å²) in [5.74, 6) is -0.778. The van der Waals surface area contributed by atoms with E-state index in [2.05, 4.69) is 0 Å². The third-order valence-electron chi connectivity index (χ3n) is 5.79.